The third kappa shape index (κ3) is 2.97. The fraction of sp³-hybridized carbons (Fsp3) is 0.267. The maximum absolute atomic E-state index is 14.0. The Labute approximate surface area is 132 Å². The highest BCUT2D eigenvalue weighted by Crippen LogP contribution is 2.37. The number of β-amino-alcohol motifs (C(OH)–C–C–N with tert-alkyl or cyclic N) is 1. The molecule has 122 valence electrons. The Kier molecular flexibility index (Phi) is 4.13. The Morgan fingerprint density at radius 1 is 1.22 bits per heavy atom. The number of aliphatic hydroxyl groups excluding tert-OH is 1. The first-order chi connectivity index (χ1) is 10.9. The molecule has 0 amide bonds. The molecule has 2 heterocycles. The van der Waals surface area contributed by atoms with Crippen LogP contribution < -0.4 is 0 Å². The van der Waals surface area contributed by atoms with Crippen LogP contribution in [0.3, 0.4) is 0 Å². The van der Waals surface area contributed by atoms with Crippen molar-refractivity contribution in [3.63, 3.8) is 0 Å². The minimum Gasteiger partial charge on any atom is -0.392 e. The van der Waals surface area contributed by atoms with E-state index in [9.17, 15) is 22.3 Å². The highest BCUT2D eigenvalue weighted by atomic mass is 32.2. The molecule has 2 atom stereocenters. The normalized spacial score (nSPS) is 22.4. The van der Waals surface area contributed by atoms with Crippen LogP contribution in [0, 0.1) is 11.6 Å². The van der Waals surface area contributed by atoms with Gasteiger partial charge in [0.25, 0.3) is 10.0 Å². The van der Waals surface area contributed by atoms with E-state index in [1.165, 1.54) is 18.3 Å². The number of aliphatic hydroxyl groups is 1. The lowest BCUT2D eigenvalue weighted by Gasteiger charge is -2.24. The molecule has 1 fully saturated rings. The summed E-state index contributed by atoms with van der Waals surface area (Å²) in [6.07, 6.45) is 0.366. The summed E-state index contributed by atoms with van der Waals surface area (Å²) in [6, 6.07) is 6.29. The van der Waals surface area contributed by atoms with Crippen LogP contribution in [-0.2, 0) is 10.0 Å². The van der Waals surface area contributed by atoms with Crippen molar-refractivity contribution in [2.24, 2.45) is 0 Å². The molecule has 0 aliphatic carbocycles. The van der Waals surface area contributed by atoms with Crippen molar-refractivity contribution < 1.29 is 22.3 Å². The Bertz CT molecular complexity index is 815. The Hall–Kier alpha value is -1.90. The minimum atomic E-state index is -4.03. The number of rotatable bonds is 3. The van der Waals surface area contributed by atoms with Gasteiger partial charge in [-0.15, -0.1) is 0 Å². The van der Waals surface area contributed by atoms with Crippen LogP contribution in [0.15, 0.2) is 47.6 Å². The van der Waals surface area contributed by atoms with Crippen molar-refractivity contribution >= 4 is 10.0 Å². The van der Waals surface area contributed by atoms with E-state index in [0.717, 1.165) is 22.5 Å². The number of halogens is 2. The number of hydrogen-bond acceptors (Lipinski definition) is 4. The first-order valence-corrected chi connectivity index (χ1v) is 8.39. The molecular formula is C15H14F2N2O3S. The molecule has 0 bridgehead atoms. The highest BCUT2D eigenvalue weighted by molar-refractivity contribution is 7.89. The van der Waals surface area contributed by atoms with Gasteiger partial charge in [-0.05, 0) is 36.8 Å². The third-order valence-corrected chi connectivity index (χ3v) is 5.55. The van der Waals surface area contributed by atoms with Gasteiger partial charge in [-0.2, -0.15) is 4.31 Å². The van der Waals surface area contributed by atoms with Gasteiger partial charge in [0.2, 0.25) is 0 Å². The standard InChI is InChI=1S/C15H14F2N2O3S/c16-10-4-5-13(17)12(7-10)14-8-11(20)9-19(14)23(21,22)15-3-1-2-6-18-15/h1-7,11,14,20H,8-9H2. The molecule has 1 aliphatic heterocycles. The van der Waals surface area contributed by atoms with Crippen molar-refractivity contribution in [3.8, 4) is 0 Å². The van der Waals surface area contributed by atoms with Crippen molar-refractivity contribution in [2.45, 2.75) is 23.6 Å². The summed E-state index contributed by atoms with van der Waals surface area (Å²) in [4.78, 5) is 3.81. The topological polar surface area (TPSA) is 70.5 Å². The van der Waals surface area contributed by atoms with E-state index in [0.29, 0.717) is 0 Å². The van der Waals surface area contributed by atoms with Crippen LogP contribution in [0.5, 0.6) is 0 Å². The van der Waals surface area contributed by atoms with Crippen LogP contribution in [0.4, 0.5) is 8.78 Å². The van der Waals surface area contributed by atoms with Gasteiger partial charge in [-0.3, -0.25) is 0 Å². The zero-order chi connectivity index (χ0) is 16.6. The van der Waals surface area contributed by atoms with E-state index < -0.39 is 33.8 Å². The molecule has 0 spiro atoms. The molecule has 0 saturated carbocycles. The summed E-state index contributed by atoms with van der Waals surface area (Å²) < 4.78 is 53.8. The molecule has 1 N–H and O–H groups in total. The first-order valence-electron chi connectivity index (χ1n) is 6.95. The van der Waals surface area contributed by atoms with E-state index in [4.69, 9.17) is 0 Å². The summed E-state index contributed by atoms with van der Waals surface area (Å²) >= 11 is 0. The molecule has 1 saturated heterocycles. The highest BCUT2D eigenvalue weighted by Gasteiger charge is 2.42. The average molecular weight is 340 g/mol. The Balaban J connectivity index is 2.05. The van der Waals surface area contributed by atoms with Gasteiger partial charge in [0.05, 0.1) is 12.1 Å². The molecule has 2 unspecified atom stereocenters. The monoisotopic (exact) mass is 340 g/mol. The number of aromatic nitrogens is 1. The van der Waals surface area contributed by atoms with Crippen LogP contribution in [-0.4, -0.2) is 35.5 Å². The van der Waals surface area contributed by atoms with Crippen molar-refractivity contribution in [1.82, 2.24) is 9.29 Å². The molecule has 0 radical (unpaired) electrons. The molecule has 1 aromatic heterocycles. The van der Waals surface area contributed by atoms with Gasteiger partial charge < -0.3 is 5.11 Å². The first kappa shape index (κ1) is 16.0. The quantitative estimate of drug-likeness (QED) is 0.926. The maximum Gasteiger partial charge on any atom is 0.261 e. The smallest absolute Gasteiger partial charge is 0.261 e. The maximum atomic E-state index is 14.0. The molecule has 23 heavy (non-hydrogen) atoms. The third-order valence-electron chi connectivity index (χ3n) is 3.76. The average Bonchev–Trinajstić information content (AvgIpc) is 2.93. The molecular weight excluding hydrogens is 326 g/mol. The van der Waals surface area contributed by atoms with Crippen molar-refractivity contribution in [2.75, 3.05) is 6.54 Å². The zero-order valence-electron chi connectivity index (χ0n) is 11.9. The van der Waals surface area contributed by atoms with E-state index in [-0.39, 0.29) is 23.6 Å². The van der Waals surface area contributed by atoms with Gasteiger partial charge in [0.1, 0.15) is 11.6 Å². The van der Waals surface area contributed by atoms with E-state index in [1.807, 2.05) is 0 Å². The fourth-order valence-corrected chi connectivity index (χ4v) is 4.31. The minimum absolute atomic E-state index is 0.00750. The lowest BCUT2D eigenvalue weighted by molar-refractivity contribution is 0.188. The van der Waals surface area contributed by atoms with Gasteiger partial charge in [0.15, 0.2) is 5.03 Å². The fourth-order valence-electron chi connectivity index (χ4n) is 2.72. The lowest BCUT2D eigenvalue weighted by Crippen LogP contribution is -2.32. The molecule has 3 rings (SSSR count). The second kappa shape index (κ2) is 5.95. The molecule has 5 nitrogen and oxygen atoms in total. The number of pyridine rings is 1. The van der Waals surface area contributed by atoms with Gasteiger partial charge in [-0.1, -0.05) is 6.07 Å². The zero-order valence-corrected chi connectivity index (χ0v) is 12.7. The predicted molar refractivity (Wildman–Crippen MR) is 77.9 cm³/mol. The summed E-state index contributed by atoms with van der Waals surface area (Å²) in [6.45, 7) is -0.195. The van der Waals surface area contributed by atoms with Crippen LogP contribution in [0.1, 0.15) is 18.0 Å². The van der Waals surface area contributed by atoms with E-state index in [1.54, 1.807) is 6.07 Å². The molecule has 1 aliphatic rings. The van der Waals surface area contributed by atoms with E-state index in [2.05, 4.69) is 4.98 Å². The molecule has 8 heteroatoms. The number of benzene rings is 1. The summed E-state index contributed by atoms with van der Waals surface area (Å²) in [5, 5.41) is 9.66. The molecule has 2 aromatic rings. The van der Waals surface area contributed by atoms with Crippen molar-refractivity contribution in [1.29, 1.82) is 0 Å². The predicted octanol–water partition coefficient (Wildman–Crippen LogP) is 1.86. The second-order valence-corrected chi connectivity index (χ2v) is 7.15. The summed E-state index contributed by atoms with van der Waals surface area (Å²) in [7, 11) is -4.03. The summed E-state index contributed by atoms with van der Waals surface area (Å²) in [5.41, 5.74) is -0.0962. The number of sulfonamides is 1. The van der Waals surface area contributed by atoms with Crippen LogP contribution in [0.2, 0.25) is 0 Å². The van der Waals surface area contributed by atoms with Gasteiger partial charge >= 0.3 is 0 Å². The van der Waals surface area contributed by atoms with Gasteiger partial charge in [0, 0.05) is 18.3 Å². The van der Waals surface area contributed by atoms with Gasteiger partial charge in [-0.25, -0.2) is 22.2 Å². The number of hydrogen-bond donors (Lipinski definition) is 1. The van der Waals surface area contributed by atoms with Crippen LogP contribution in [0.25, 0.3) is 0 Å². The summed E-state index contributed by atoms with van der Waals surface area (Å²) in [5.74, 6) is -1.38. The largest absolute Gasteiger partial charge is 0.392 e. The van der Waals surface area contributed by atoms with E-state index >= 15 is 0 Å². The number of nitrogens with zero attached hydrogens (tertiary/aromatic N) is 2. The molecule has 1 aromatic carbocycles. The second-order valence-electron chi connectivity index (χ2n) is 5.31. The Morgan fingerprint density at radius 2 is 2.00 bits per heavy atom. The Morgan fingerprint density at radius 3 is 2.70 bits per heavy atom. The lowest BCUT2D eigenvalue weighted by atomic mass is 10.0. The van der Waals surface area contributed by atoms with Crippen molar-refractivity contribution in [3.05, 3.63) is 59.8 Å². The van der Waals surface area contributed by atoms with Crippen LogP contribution >= 0.6 is 0 Å². The SMILES string of the molecule is O=S(=O)(c1ccccn1)N1CC(O)CC1c1cc(F)ccc1F.